The zero-order valence-electron chi connectivity index (χ0n) is 9.83. The van der Waals surface area contributed by atoms with Crippen molar-refractivity contribution < 1.29 is 19.4 Å². The lowest BCUT2D eigenvalue weighted by molar-refractivity contribution is -0.156. The predicted molar refractivity (Wildman–Crippen MR) is 59.0 cm³/mol. The number of rotatable bonds is 5. The van der Waals surface area contributed by atoms with Gasteiger partial charge in [0.1, 0.15) is 0 Å². The third kappa shape index (κ3) is 3.22. The maximum atomic E-state index is 11.8. The molecule has 0 aromatic heterocycles. The molecule has 0 heterocycles. The highest BCUT2D eigenvalue weighted by Crippen LogP contribution is 2.41. The van der Waals surface area contributed by atoms with Crippen LogP contribution < -0.4 is 0 Å². The van der Waals surface area contributed by atoms with Crippen molar-refractivity contribution in [3.05, 3.63) is 0 Å². The molecular formula is C12H20O4. The number of aliphatic carboxylic acids is 1. The number of hydrogen-bond donors (Lipinski definition) is 1. The van der Waals surface area contributed by atoms with Gasteiger partial charge in [0, 0.05) is 6.42 Å². The summed E-state index contributed by atoms with van der Waals surface area (Å²) in [5.74, 6) is -0.951. The predicted octanol–water partition coefficient (Wildman–Crippen LogP) is 2.36. The standard InChI is InChI=1S/C12H20O4/c1-16-11(15)12(7-3-2-4-8-12)9-5-6-10(13)14/h2-9H2,1H3,(H,13,14). The van der Waals surface area contributed by atoms with E-state index in [0.29, 0.717) is 12.8 Å². The lowest BCUT2D eigenvalue weighted by Crippen LogP contribution is -2.34. The summed E-state index contributed by atoms with van der Waals surface area (Å²) in [6.07, 6.45) is 6.29. The van der Waals surface area contributed by atoms with Gasteiger partial charge in [0.15, 0.2) is 0 Å². The van der Waals surface area contributed by atoms with Gasteiger partial charge in [-0.05, 0) is 25.7 Å². The van der Waals surface area contributed by atoms with Crippen LogP contribution in [0.5, 0.6) is 0 Å². The normalized spacial score (nSPS) is 19.1. The van der Waals surface area contributed by atoms with Crippen LogP contribution in [-0.4, -0.2) is 24.2 Å². The Morgan fingerprint density at radius 2 is 1.88 bits per heavy atom. The average molecular weight is 228 g/mol. The molecule has 1 saturated carbocycles. The molecule has 0 atom stereocenters. The minimum absolute atomic E-state index is 0.138. The van der Waals surface area contributed by atoms with Gasteiger partial charge in [-0.2, -0.15) is 0 Å². The van der Waals surface area contributed by atoms with Crippen LogP contribution in [0.3, 0.4) is 0 Å². The van der Waals surface area contributed by atoms with Crippen LogP contribution in [-0.2, 0) is 14.3 Å². The Labute approximate surface area is 96.0 Å². The number of carboxylic acid groups (broad SMARTS) is 1. The van der Waals surface area contributed by atoms with Crippen molar-refractivity contribution in [3.63, 3.8) is 0 Å². The highest BCUT2D eigenvalue weighted by atomic mass is 16.5. The van der Waals surface area contributed by atoms with Crippen LogP contribution >= 0.6 is 0 Å². The van der Waals surface area contributed by atoms with E-state index in [1.165, 1.54) is 7.11 Å². The van der Waals surface area contributed by atoms with Gasteiger partial charge in [-0.1, -0.05) is 19.3 Å². The van der Waals surface area contributed by atoms with Gasteiger partial charge in [0.2, 0.25) is 0 Å². The lowest BCUT2D eigenvalue weighted by Gasteiger charge is -2.34. The summed E-state index contributed by atoms with van der Waals surface area (Å²) in [7, 11) is 1.41. The molecule has 0 spiro atoms. The van der Waals surface area contributed by atoms with Crippen LogP contribution in [0.15, 0.2) is 0 Å². The first-order chi connectivity index (χ1) is 7.60. The summed E-state index contributed by atoms with van der Waals surface area (Å²) in [6.45, 7) is 0. The van der Waals surface area contributed by atoms with Crippen molar-refractivity contribution in [3.8, 4) is 0 Å². The number of carbonyl (C=O) groups is 2. The molecular weight excluding hydrogens is 208 g/mol. The zero-order chi connectivity index (χ0) is 12.0. The first-order valence-corrected chi connectivity index (χ1v) is 5.91. The van der Waals surface area contributed by atoms with E-state index in [9.17, 15) is 9.59 Å². The summed E-state index contributed by atoms with van der Waals surface area (Å²) in [5, 5.41) is 8.61. The molecule has 1 aliphatic carbocycles. The second kappa shape index (κ2) is 5.87. The fourth-order valence-electron chi connectivity index (χ4n) is 2.58. The van der Waals surface area contributed by atoms with Crippen LogP contribution in [0.2, 0.25) is 0 Å². The Morgan fingerprint density at radius 1 is 1.25 bits per heavy atom. The molecule has 0 radical (unpaired) electrons. The number of carboxylic acids is 1. The SMILES string of the molecule is COC(=O)C1(CCCC(=O)O)CCCCC1. The minimum Gasteiger partial charge on any atom is -0.481 e. The van der Waals surface area contributed by atoms with E-state index in [2.05, 4.69) is 0 Å². The van der Waals surface area contributed by atoms with Crippen molar-refractivity contribution in [2.24, 2.45) is 5.41 Å². The molecule has 0 aromatic carbocycles. The van der Waals surface area contributed by atoms with E-state index >= 15 is 0 Å². The summed E-state index contributed by atoms with van der Waals surface area (Å²) < 4.78 is 4.86. The van der Waals surface area contributed by atoms with Gasteiger partial charge in [-0.3, -0.25) is 9.59 Å². The van der Waals surface area contributed by atoms with Crippen molar-refractivity contribution in [1.82, 2.24) is 0 Å². The second-order valence-electron chi connectivity index (χ2n) is 4.58. The van der Waals surface area contributed by atoms with E-state index in [0.717, 1.165) is 32.1 Å². The van der Waals surface area contributed by atoms with Crippen molar-refractivity contribution in [2.75, 3.05) is 7.11 Å². The van der Waals surface area contributed by atoms with Gasteiger partial charge in [-0.15, -0.1) is 0 Å². The number of esters is 1. The second-order valence-corrected chi connectivity index (χ2v) is 4.58. The summed E-state index contributed by atoms with van der Waals surface area (Å²) >= 11 is 0. The molecule has 16 heavy (non-hydrogen) atoms. The minimum atomic E-state index is -0.796. The topological polar surface area (TPSA) is 63.6 Å². The maximum absolute atomic E-state index is 11.8. The van der Waals surface area contributed by atoms with E-state index in [4.69, 9.17) is 9.84 Å². The molecule has 1 rings (SSSR count). The molecule has 0 amide bonds. The van der Waals surface area contributed by atoms with Gasteiger partial charge in [-0.25, -0.2) is 0 Å². The lowest BCUT2D eigenvalue weighted by atomic mass is 9.71. The Kier molecular flexibility index (Phi) is 4.77. The number of ether oxygens (including phenoxy) is 1. The molecule has 0 unspecified atom stereocenters. The van der Waals surface area contributed by atoms with E-state index in [1.54, 1.807) is 0 Å². The first-order valence-electron chi connectivity index (χ1n) is 5.91. The van der Waals surface area contributed by atoms with Crippen molar-refractivity contribution >= 4 is 11.9 Å². The average Bonchev–Trinajstić information content (AvgIpc) is 2.28. The molecule has 1 aliphatic rings. The molecule has 0 aliphatic heterocycles. The smallest absolute Gasteiger partial charge is 0.311 e. The highest BCUT2D eigenvalue weighted by Gasteiger charge is 2.39. The number of hydrogen-bond acceptors (Lipinski definition) is 3. The molecule has 4 nitrogen and oxygen atoms in total. The summed E-state index contributed by atoms with van der Waals surface area (Å²) in [5.41, 5.74) is -0.400. The Bertz CT molecular complexity index is 254. The molecule has 1 fully saturated rings. The summed E-state index contributed by atoms with van der Waals surface area (Å²) in [4.78, 5) is 22.3. The molecule has 0 bridgehead atoms. The van der Waals surface area contributed by atoms with Gasteiger partial charge in [0.05, 0.1) is 12.5 Å². The molecule has 0 aromatic rings. The Balaban J connectivity index is 2.56. The van der Waals surface area contributed by atoms with Crippen LogP contribution in [0.1, 0.15) is 51.4 Å². The van der Waals surface area contributed by atoms with E-state index in [1.807, 2.05) is 0 Å². The molecule has 1 N–H and O–H groups in total. The first kappa shape index (κ1) is 13.0. The van der Waals surface area contributed by atoms with Crippen LogP contribution in [0, 0.1) is 5.41 Å². The van der Waals surface area contributed by atoms with E-state index < -0.39 is 11.4 Å². The molecule has 4 heteroatoms. The van der Waals surface area contributed by atoms with Crippen molar-refractivity contribution in [2.45, 2.75) is 51.4 Å². The van der Waals surface area contributed by atoms with Crippen LogP contribution in [0.25, 0.3) is 0 Å². The van der Waals surface area contributed by atoms with E-state index in [-0.39, 0.29) is 12.4 Å². The largest absolute Gasteiger partial charge is 0.481 e. The van der Waals surface area contributed by atoms with Crippen LogP contribution in [0.4, 0.5) is 0 Å². The number of carbonyl (C=O) groups excluding carboxylic acids is 1. The fraction of sp³-hybridized carbons (Fsp3) is 0.833. The Hall–Kier alpha value is -1.06. The third-order valence-corrected chi connectivity index (χ3v) is 3.48. The zero-order valence-corrected chi connectivity index (χ0v) is 9.83. The molecule has 92 valence electrons. The quantitative estimate of drug-likeness (QED) is 0.734. The van der Waals surface area contributed by atoms with Gasteiger partial charge < -0.3 is 9.84 Å². The van der Waals surface area contributed by atoms with Gasteiger partial charge in [0.25, 0.3) is 0 Å². The van der Waals surface area contributed by atoms with Crippen molar-refractivity contribution in [1.29, 1.82) is 0 Å². The fourth-order valence-corrected chi connectivity index (χ4v) is 2.58. The molecule has 0 saturated heterocycles. The summed E-state index contributed by atoms with van der Waals surface area (Å²) in [6, 6.07) is 0. The highest BCUT2D eigenvalue weighted by molar-refractivity contribution is 5.77. The third-order valence-electron chi connectivity index (χ3n) is 3.48. The maximum Gasteiger partial charge on any atom is 0.311 e. The Morgan fingerprint density at radius 3 is 2.38 bits per heavy atom. The number of methoxy groups -OCH3 is 1. The monoisotopic (exact) mass is 228 g/mol. The van der Waals surface area contributed by atoms with Gasteiger partial charge >= 0.3 is 11.9 Å².